The zero-order valence-corrected chi connectivity index (χ0v) is 19.2. The van der Waals surface area contributed by atoms with Crippen LogP contribution in [0.2, 0.25) is 0 Å². The van der Waals surface area contributed by atoms with E-state index in [1.54, 1.807) is 12.1 Å². The van der Waals surface area contributed by atoms with E-state index < -0.39 is 15.6 Å². The maximum Gasteiger partial charge on any atom is 0.242 e. The number of hydrogen-bond donors (Lipinski definition) is 1. The number of sulfonamides is 1. The van der Waals surface area contributed by atoms with E-state index in [-0.39, 0.29) is 28.4 Å². The van der Waals surface area contributed by atoms with Crippen molar-refractivity contribution in [3.63, 3.8) is 0 Å². The van der Waals surface area contributed by atoms with Gasteiger partial charge in [-0.3, -0.25) is 4.79 Å². The molecule has 0 aromatic heterocycles. The van der Waals surface area contributed by atoms with Gasteiger partial charge in [-0.15, -0.1) is 0 Å². The van der Waals surface area contributed by atoms with Crippen molar-refractivity contribution in [1.82, 2.24) is 4.72 Å². The van der Waals surface area contributed by atoms with Gasteiger partial charge < -0.3 is 0 Å². The summed E-state index contributed by atoms with van der Waals surface area (Å²) in [5, 5.41) is 0. The molecule has 33 heavy (non-hydrogen) atoms. The van der Waals surface area contributed by atoms with Gasteiger partial charge in [-0.2, -0.15) is 4.72 Å². The lowest BCUT2D eigenvalue weighted by molar-refractivity contribution is -0.123. The van der Waals surface area contributed by atoms with Crippen molar-refractivity contribution in [2.45, 2.75) is 36.1 Å². The molecule has 6 rings (SSSR count). The van der Waals surface area contributed by atoms with Gasteiger partial charge in [0.15, 0.2) is 5.78 Å². The fourth-order valence-electron chi connectivity index (χ4n) is 6.34. The Bertz CT molecular complexity index is 1390. The fraction of sp³-hybridized carbons (Fsp3) is 0.250. The Morgan fingerprint density at radius 3 is 2.33 bits per heavy atom. The number of fused-ring (bicyclic) bond motifs is 4. The summed E-state index contributed by atoms with van der Waals surface area (Å²) in [6.45, 7) is 2.06. The predicted molar refractivity (Wildman–Crippen MR) is 128 cm³/mol. The molecule has 4 atom stereocenters. The summed E-state index contributed by atoms with van der Waals surface area (Å²) in [4.78, 5) is 14.1. The Kier molecular flexibility index (Phi) is 4.51. The average molecular weight is 456 g/mol. The molecule has 3 aliphatic rings. The topological polar surface area (TPSA) is 63.2 Å². The number of rotatable bonds is 2. The standard InChI is InChI=1S/C28H25NO3S/c1-18-11-13-20(14-12-18)22-16-15-21(19-7-3-2-4-8-19)23-17-26(30)28(27(22)23)24-9-5-6-10-25(24)33(31,32)29-28/h2-15,22-23,27,29H,16-17H2,1H3/t22-,23-,27-,28+/m0/s1. The lowest BCUT2D eigenvalue weighted by Gasteiger charge is -2.42. The van der Waals surface area contributed by atoms with Crippen LogP contribution in [0.25, 0.3) is 5.57 Å². The molecular formula is C28H25NO3S. The maximum atomic E-state index is 13.9. The highest BCUT2D eigenvalue weighted by Gasteiger charge is 2.65. The van der Waals surface area contributed by atoms with E-state index in [1.807, 2.05) is 30.3 Å². The molecule has 0 saturated heterocycles. The number of benzene rings is 3. The van der Waals surface area contributed by atoms with Crippen molar-refractivity contribution in [2.24, 2.45) is 11.8 Å². The first-order valence-corrected chi connectivity index (χ1v) is 12.9. The van der Waals surface area contributed by atoms with Crippen molar-refractivity contribution in [3.8, 4) is 0 Å². The van der Waals surface area contributed by atoms with Gasteiger partial charge >= 0.3 is 0 Å². The molecule has 0 bridgehead atoms. The summed E-state index contributed by atoms with van der Waals surface area (Å²) in [6.07, 6.45) is 3.35. The number of allylic oxidation sites excluding steroid dienone is 2. The SMILES string of the molecule is Cc1ccc([C@@H]2CC=C(c3ccccc3)[C@@H]3CC(=O)[C@@]4(NS(=O)(=O)c5ccccc54)[C@H]32)cc1. The molecule has 0 radical (unpaired) electrons. The molecular weight excluding hydrogens is 430 g/mol. The summed E-state index contributed by atoms with van der Waals surface area (Å²) in [5.74, 6) is -0.268. The minimum atomic E-state index is -3.77. The van der Waals surface area contributed by atoms with Gasteiger partial charge in [-0.05, 0) is 47.9 Å². The molecule has 0 unspecified atom stereocenters. The average Bonchev–Trinajstić information content (AvgIpc) is 3.25. The molecule has 4 nitrogen and oxygen atoms in total. The monoisotopic (exact) mass is 455 g/mol. The fourth-order valence-corrected chi connectivity index (χ4v) is 8.01. The zero-order chi connectivity index (χ0) is 22.8. The second-order valence-electron chi connectivity index (χ2n) is 9.45. The van der Waals surface area contributed by atoms with Gasteiger partial charge in [0, 0.05) is 17.9 Å². The number of carbonyl (C=O) groups is 1. The van der Waals surface area contributed by atoms with Crippen molar-refractivity contribution < 1.29 is 13.2 Å². The Morgan fingerprint density at radius 2 is 1.58 bits per heavy atom. The number of hydrogen-bond acceptors (Lipinski definition) is 3. The molecule has 5 heteroatoms. The third kappa shape index (κ3) is 2.92. The van der Waals surface area contributed by atoms with Crippen molar-refractivity contribution in [3.05, 3.63) is 107 Å². The molecule has 0 amide bonds. The quantitative estimate of drug-likeness (QED) is 0.594. The Morgan fingerprint density at radius 1 is 0.879 bits per heavy atom. The van der Waals surface area contributed by atoms with Crippen LogP contribution >= 0.6 is 0 Å². The first-order valence-electron chi connectivity index (χ1n) is 11.4. The van der Waals surface area contributed by atoms with Crippen LogP contribution in [0, 0.1) is 18.8 Å². The lowest BCUT2D eigenvalue weighted by Crippen LogP contribution is -2.51. The van der Waals surface area contributed by atoms with E-state index in [4.69, 9.17) is 0 Å². The minimum Gasteiger partial charge on any atom is -0.297 e. The van der Waals surface area contributed by atoms with Gasteiger partial charge in [-0.25, -0.2) is 8.42 Å². The molecule has 1 heterocycles. The highest BCUT2D eigenvalue weighted by molar-refractivity contribution is 7.90. The largest absolute Gasteiger partial charge is 0.297 e. The van der Waals surface area contributed by atoms with Gasteiger partial charge in [0.2, 0.25) is 10.0 Å². The van der Waals surface area contributed by atoms with E-state index >= 15 is 0 Å². The summed E-state index contributed by atoms with van der Waals surface area (Å²) < 4.78 is 29.3. The third-order valence-electron chi connectivity index (χ3n) is 7.71. The maximum absolute atomic E-state index is 13.9. The lowest BCUT2D eigenvalue weighted by atomic mass is 9.63. The van der Waals surface area contributed by atoms with Crippen LogP contribution in [0.15, 0.2) is 89.8 Å². The van der Waals surface area contributed by atoms with Gasteiger partial charge in [0.05, 0.1) is 4.90 Å². The summed E-state index contributed by atoms with van der Waals surface area (Å²) >= 11 is 0. The van der Waals surface area contributed by atoms with Crippen LogP contribution in [-0.4, -0.2) is 14.2 Å². The van der Waals surface area contributed by atoms with Crippen molar-refractivity contribution in [1.29, 1.82) is 0 Å². The van der Waals surface area contributed by atoms with Crippen molar-refractivity contribution in [2.75, 3.05) is 0 Å². The van der Waals surface area contributed by atoms with E-state index in [2.05, 4.69) is 54.1 Å². The highest BCUT2D eigenvalue weighted by atomic mass is 32.2. The van der Waals surface area contributed by atoms with Gasteiger partial charge in [0.25, 0.3) is 0 Å². The molecule has 1 saturated carbocycles. The van der Waals surface area contributed by atoms with E-state index in [1.165, 1.54) is 5.56 Å². The van der Waals surface area contributed by atoms with Crippen LogP contribution < -0.4 is 4.72 Å². The molecule has 3 aromatic carbocycles. The molecule has 1 fully saturated rings. The first kappa shape index (κ1) is 20.6. The molecule has 166 valence electrons. The van der Waals surface area contributed by atoms with E-state index in [0.717, 1.165) is 23.1 Å². The van der Waals surface area contributed by atoms with Gasteiger partial charge in [0.1, 0.15) is 5.54 Å². The van der Waals surface area contributed by atoms with Gasteiger partial charge in [-0.1, -0.05) is 84.4 Å². The number of aryl methyl sites for hydroxylation is 1. The second kappa shape index (κ2) is 7.24. The van der Waals surface area contributed by atoms with E-state index in [0.29, 0.717) is 12.0 Å². The molecule has 1 aliphatic heterocycles. The van der Waals surface area contributed by atoms with Crippen LogP contribution in [0.3, 0.4) is 0 Å². The summed E-state index contributed by atoms with van der Waals surface area (Å²) in [7, 11) is -3.77. The van der Waals surface area contributed by atoms with E-state index in [9.17, 15) is 13.2 Å². The Labute approximate surface area is 194 Å². The van der Waals surface area contributed by atoms with Crippen molar-refractivity contribution >= 4 is 21.4 Å². The predicted octanol–water partition coefficient (Wildman–Crippen LogP) is 4.96. The number of carbonyl (C=O) groups excluding carboxylic acids is 1. The molecule has 1 spiro atoms. The summed E-state index contributed by atoms with van der Waals surface area (Å²) in [5.41, 5.74) is 3.96. The second-order valence-corrected chi connectivity index (χ2v) is 11.1. The normalized spacial score (nSPS) is 29.5. The van der Waals surface area contributed by atoms with Crippen LogP contribution in [-0.2, 0) is 20.4 Å². The molecule has 3 aromatic rings. The Hall–Kier alpha value is -3.02. The van der Waals surface area contributed by atoms with Crippen LogP contribution in [0.1, 0.15) is 41.0 Å². The smallest absolute Gasteiger partial charge is 0.242 e. The highest BCUT2D eigenvalue weighted by Crippen LogP contribution is 2.61. The number of ketones is 1. The Balaban J connectivity index is 1.59. The van der Waals surface area contributed by atoms with Crippen LogP contribution in [0.4, 0.5) is 0 Å². The zero-order valence-electron chi connectivity index (χ0n) is 18.4. The summed E-state index contributed by atoms with van der Waals surface area (Å²) in [6, 6.07) is 25.6. The third-order valence-corrected chi connectivity index (χ3v) is 9.24. The number of nitrogens with one attached hydrogen (secondary N) is 1. The number of Topliss-reactive ketones (excluding diaryl/α,β-unsaturated/α-hetero) is 1. The minimum absolute atomic E-state index is 0.0309. The van der Waals surface area contributed by atoms with Crippen LogP contribution in [0.5, 0.6) is 0 Å². The molecule has 2 aliphatic carbocycles. The first-order chi connectivity index (χ1) is 15.9. The molecule has 1 N–H and O–H groups in total.